The van der Waals surface area contributed by atoms with Crippen LogP contribution in [0.5, 0.6) is 0 Å². The minimum absolute atomic E-state index is 0.193. The lowest BCUT2D eigenvalue weighted by Crippen LogP contribution is -2.22. The van der Waals surface area contributed by atoms with Gasteiger partial charge in [0.2, 0.25) is 0 Å². The summed E-state index contributed by atoms with van der Waals surface area (Å²) in [6, 6.07) is 19.3. The van der Waals surface area contributed by atoms with Gasteiger partial charge in [0.1, 0.15) is 6.07 Å². The topological polar surface area (TPSA) is 74.9 Å². The van der Waals surface area contributed by atoms with Crippen LogP contribution in [0.2, 0.25) is 0 Å². The number of para-hydroxylation sites is 1. The number of hydrogen-bond donors (Lipinski definition) is 1. The molecule has 128 valence electrons. The monoisotopic (exact) mass is 407 g/mol. The number of nitrogens with one attached hydrogen (secondary N) is 1. The van der Waals surface area contributed by atoms with Crippen LogP contribution in [-0.2, 0) is 6.54 Å². The van der Waals surface area contributed by atoms with Crippen molar-refractivity contribution in [2.24, 2.45) is 0 Å². The third-order valence-corrected chi connectivity index (χ3v) is 4.34. The summed E-state index contributed by atoms with van der Waals surface area (Å²) < 4.78 is 2.44. The van der Waals surface area contributed by atoms with Gasteiger partial charge in [-0.3, -0.25) is 9.59 Å². The van der Waals surface area contributed by atoms with Crippen LogP contribution in [0.4, 0.5) is 5.69 Å². The highest BCUT2D eigenvalue weighted by Crippen LogP contribution is 2.15. The minimum Gasteiger partial charge on any atom is -0.321 e. The van der Waals surface area contributed by atoms with Crippen molar-refractivity contribution < 1.29 is 4.79 Å². The molecule has 0 spiro atoms. The number of halogens is 1. The molecule has 0 radical (unpaired) electrons. The van der Waals surface area contributed by atoms with Gasteiger partial charge >= 0.3 is 0 Å². The lowest BCUT2D eigenvalue weighted by Gasteiger charge is -2.10. The summed E-state index contributed by atoms with van der Waals surface area (Å²) in [4.78, 5) is 24.6. The second-order valence-electron chi connectivity index (χ2n) is 5.62. The van der Waals surface area contributed by atoms with E-state index in [-0.39, 0.29) is 11.5 Å². The molecule has 0 aliphatic rings. The van der Waals surface area contributed by atoms with Crippen molar-refractivity contribution in [2.45, 2.75) is 6.54 Å². The van der Waals surface area contributed by atoms with Crippen molar-refractivity contribution in [3.63, 3.8) is 0 Å². The fraction of sp³-hybridized carbons (Fsp3) is 0.0500. The van der Waals surface area contributed by atoms with Gasteiger partial charge in [-0.05, 0) is 35.9 Å². The molecular formula is C20H14BrN3O2. The predicted molar refractivity (Wildman–Crippen MR) is 103 cm³/mol. The number of nitrogens with zero attached hydrogens (tertiary/aromatic N) is 2. The number of aromatic nitrogens is 1. The number of amides is 1. The van der Waals surface area contributed by atoms with Gasteiger partial charge in [0.25, 0.3) is 11.5 Å². The van der Waals surface area contributed by atoms with E-state index in [1.807, 2.05) is 30.3 Å². The summed E-state index contributed by atoms with van der Waals surface area (Å²) in [6.45, 7) is 0.363. The molecule has 1 aromatic heterocycles. The largest absolute Gasteiger partial charge is 0.321 e. The number of carbonyl (C=O) groups is 1. The maximum Gasteiger partial charge on any atom is 0.257 e. The molecule has 0 saturated heterocycles. The lowest BCUT2D eigenvalue weighted by atomic mass is 10.1. The van der Waals surface area contributed by atoms with Gasteiger partial charge in [-0.25, -0.2) is 0 Å². The molecule has 5 nitrogen and oxygen atoms in total. The number of benzene rings is 2. The Morgan fingerprint density at radius 2 is 1.81 bits per heavy atom. The Labute approximate surface area is 158 Å². The molecule has 0 unspecified atom stereocenters. The van der Waals surface area contributed by atoms with E-state index in [1.165, 1.54) is 22.9 Å². The smallest absolute Gasteiger partial charge is 0.257 e. The minimum atomic E-state index is -0.378. The van der Waals surface area contributed by atoms with Crippen molar-refractivity contribution in [3.8, 4) is 6.07 Å². The third kappa shape index (κ3) is 4.08. The summed E-state index contributed by atoms with van der Waals surface area (Å²) in [7, 11) is 0. The van der Waals surface area contributed by atoms with E-state index in [1.54, 1.807) is 24.3 Å². The van der Waals surface area contributed by atoms with Crippen LogP contribution in [0, 0.1) is 11.3 Å². The first-order valence-corrected chi connectivity index (χ1v) is 8.61. The molecule has 3 rings (SSSR count). The molecule has 6 heteroatoms. The van der Waals surface area contributed by atoms with E-state index in [4.69, 9.17) is 5.26 Å². The molecule has 0 bridgehead atoms. The van der Waals surface area contributed by atoms with Crippen LogP contribution in [0.1, 0.15) is 21.5 Å². The maximum atomic E-state index is 12.5. The Morgan fingerprint density at radius 1 is 1.08 bits per heavy atom. The second-order valence-corrected chi connectivity index (χ2v) is 6.54. The number of pyridine rings is 1. The standard InChI is InChI=1S/C20H14BrN3O2/c21-17-8-5-14(6-9-17)12-24-13-16(7-10-19(24)25)20(26)23-18-4-2-1-3-15(18)11-22/h1-10,13H,12H2,(H,23,26). The molecular weight excluding hydrogens is 394 g/mol. The van der Waals surface area contributed by atoms with Crippen molar-refractivity contribution in [1.82, 2.24) is 4.57 Å². The predicted octanol–water partition coefficient (Wildman–Crippen LogP) is 3.78. The van der Waals surface area contributed by atoms with Gasteiger partial charge in [-0.2, -0.15) is 5.26 Å². The number of rotatable bonds is 4. The molecule has 0 fully saturated rings. The van der Waals surface area contributed by atoms with E-state index in [2.05, 4.69) is 21.2 Å². The van der Waals surface area contributed by atoms with Gasteiger partial charge in [0.15, 0.2) is 0 Å². The average molecular weight is 408 g/mol. The summed E-state index contributed by atoms with van der Waals surface area (Å²) in [5.41, 5.74) is 1.91. The number of hydrogen-bond acceptors (Lipinski definition) is 3. The SMILES string of the molecule is N#Cc1ccccc1NC(=O)c1ccc(=O)n(Cc2ccc(Br)cc2)c1. The summed E-state index contributed by atoms with van der Waals surface area (Å²) in [5.74, 6) is -0.378. The molecule has 1 amide bonds. The van der Waals surface area contributed by atoms with Gasteiger partial charge in [-0.1, -0.05) is 40.2 Å². The van der Waals surface area contributed by atoms with Crippen LogP contribution >= 0.6 is 15.9 Å². The molecule has 1 N–H and O–H groups in total. The zero-order valence-corrected chi connectivity index (χ0v) is 15.2. The zero-order valence-electron chi connectivity index (χ0n) is 13.6. The fourth-order valence-electron chi connectivity index (χ4n) is 2.46. The fourth-order valence-corrected chi connectivity index (χ4v) is 2.72. The average Bonchev–Trinajstić information content (AvgIpc) is 2.65. The normalized spacial score (nSPS) is 10.2. The van der Waals surface area contributed by atoms with Crippen molar-refractivity contribution >= 4 is 27.5 Å². The van der Waals surface area contributed by atoms with Crippen molar-refractivity contribution in [3.05, 3.63) is 98.4 Å². The van der Waals surface area contributed by atoms with Crippen LogP contribution < -0.4 is 10.9 Å². The summed E-state index contributed by atoms with van der Waals surface area (Å²) in [6.07, 6.45) is 1.52. The third-order valence-electron chi connectivity index (χ3n) is 3.81. The lowest BCUT2D eigenvalue weighted by molar-refractivity contribution is 0.102. The number of carbonyl (C=O) groups excluding carboxylic acids is 1. The van der Waals surface area contributed by atoms with Gasteiger partial charge in [0.05, 0.1) is 23.4 Å². The van der Waals surface area contributed by atoms with E-state index < -0.39 is 0 Å². The molecule has 0 aliphatic heterocycles. The van der Waals surface area contributed by atoms with Crippen LogP contribution in [0.25, 0.3) is 0 Å². The van der Waals surface area contributed by atoms with Crippen LogP contribution in [0.15, 0.2) is 76.1 Å². The molecule has 26 heavy (non-hydrogen) atoms. The van der Waals surface area contributed by atoms with Gasteiger partial charge in [0, 0.05) is 16.7 Å². The van der Waals surface area contributed by atoms with E-state index in [9.17, 15) is 9.59 Å². The first-order valence-electron chi connectivity index (χ1n) is 7.82. The number of nitriles is 1. The Hall–Kier alpha value is -3.17. The highest BCUT2D eigenvalue weighted by molar-refractivity contribution is 9.10. The molecule has 0 atom stereocenters. The molecule has 2 aromatic carbocycles. The molecule has 3 aromatic rings. The molecule has 1 heterocycles. The first-order chi connectivity index (χ1) is 12.6. The summed E-state index contributed by atoms with van der Waals surface area (Å²) in [5, 5.41) is 11.8. The van der Waals surface area contributed by atoms with E-state index in [0.717, 1.165) is 10.0 Å². The van der Waals surface area contributed by atoms with Crippen molar-refractivity contribution in [2.75, 3.05) is 5.32 Å². The second kappa shape index (κ2) is 7.81. The maximum absolute atomic E-state index is 12.5. The Morgan fingerprint density at radius 3 is 2.54 bits per heavy atom. The van der Waals surface area contributed by atoms with Gasteiger partial charge < -0.3 is 9.88 Å². The van der Waals surface area contributed by atoms with Crippen LogP contribution in [0.3, 0.4) is 0 Å². The molecule has 0 saturated carbocycles. The van der Waals surface area contributed by atoms with E-state index in [0.29, 0.717) is 23.4 Å². The summed E-state index contributed by atoms with van der Waals surface area (Å²) >= 11 is 3.37. The number of anilines is 1. The quantitative estimate of drug-likeness (QED) is 0.714. The van der Waals surface area contributed by atoms with Crippen LogP contribution in [-0.4, -0.2) is 10.5 Å². The van der Waals surface area contributed by atoms with Crippen molar-refractivity contribution in [1.29, 1.82) is 5.26 Å². The van der Waals surface area contributed by atoms with E-state index >= 15 is 0 Å². The Balaban J connectivity index is 1.84. The first kappa shape index (κ1) is 17.6. The Bertz CT molecular complexity index is 1050. The molecule has 0 aliphatic carbocycles. The highest BCUT2D eigenvalue weighted by atomic mass is 79.9. The van der Waals surface area contributed by atoms with Gasteiger partial charge in [-0.15, -0.1) is 0 Å². The Kier molecular flexibility index (Phi) is 5.30. The zero-order chi connectivity index (χ0) is 18.5. The highest BCUT2D eigenvalue weighted by Gasteiger charge is 2.10.